The number of nitrogen functional groups attached to an aromatic ring is 1. The summed E-state index contributed by atoms with van der Waals surface area (Å²) in [7, 11) is -3.54. The molecule has 0 fully saturated rings. The third-order valence-electron chi connectivity index (χ3n) is 3.16. The Bertz CT molecular complexity index is 714. The summed E-state index contributed by atoms with van der Waals surface area (Å²) in [6, 6.07) is 6.90. The van der Waals surface area contributed by atoms with Gasteiger partial charge in [-0.1, -0.05) is 6.07 Å². The maximum absolute atomic E-state index is 12.3. The van der Waals surface area contributed by atoms with E-state index in [9.17, 15) is 8.42 Å². The van der Waals surface area contributed by atoms with Gasteiger partial charge in [0, 0.05) is 22.0 Å². The van der Waals surface area contributed by atoms with Gasteiger partial charge in [0.15, 0.2) is 0 Å². The molecule has 0 bridgehead atoms. The highest BCUT2D eigenvalue weighted by atomic mass is 32.2. The van der Waals surface area contributed by atoms with Crippen molar-refractivity contribution in [3.63, 3.8) is 0 Å². The number of nitrogens with one attached hydrogen (secondary N) is 1. The predicted octanol–water partition coefficient (Wildman–Crippen LogP) is 2.73. The Morgan fingerprint density at radius 1 is 1.15 bits per heavy atom. The van der Waals surface area contributed by atoms with Crippen molar-refractivity contribution in [1.29, 1.82) is 0 Å². The first-order valence-corrected chi connectivity index (χ1v) is 8.51. The Morgan fingerprint density at radius 3 is 2.45 bits per heavy atom. The van der Waals surface area contributed by atoms with Crippen molar-refractivity contribution in [3.8, 4) is 0 Å². The Morgan fingerprint density at radius 2 is 1.85 bits per heavy atom. The first-order valence-electron chi connectivity index (χ1n) is 6.21. The summed E-state index contributed by atoms with van der Waals surface area (Å²) in [4.78, 5) is 2.45. The maximum Gasteiger partial charge on any atom is 0.241 e. The van der Waals surface area contributed by atoms with Gasteiger partial charge in [-0.2, -0.15) is 0 Å². The predicted molar refractivity (Wildman–Crippen MR) is 83.4 cm³/mol. The number of anilines is 1. The summed E-state index contributed by atoms with van der Waals surface area (Å²) < 4.78 is 27.2. The van der Waals surface area contributed by atoms with Crippen LogP contribution in [0.4, 0.5) is 5.69 Å². The molecule has 0 radical (unpaired) electrons. The average Bonchev–Trinajstić information content (AvgIpc) is 2.69. The van der Waals surface area contributed by atoms with Crippen molar-refractivity contribution in [2.75, 3.05) is 5.73 Å². The quantitative estimate of drug-likeness (QED) is 0.853. The average molecular weight is 310 g/mol. The Labute approximate surface area is 123 Å². The molecule has 0 saturated carbocycles. The van der Waals surface area contributed by atoms with Crippen LogP contribution in [0.25, 0.3) is 0 Å². The lowest BCUT2D eigenvalue weighted by Crippen LogP contribution is -2.23. The highest BCUT2D eigenvalue weighted by molar-refractivity contribution is 7.89. The molecule has 0 amide bonds. The summed E-state index contributed by atoms with van der Waals surface area (Å²) in [5.41, 5.74) is 7.98. The van der Waals surface area contributed by atoms with Crippen molar-refractivity contribution >= 4 is 27.0 Å². The van der Waals surface area contributed by atoms with Gasteiger partial charge < -0.3 is 5.73 Å². The fraction of sp³-hybridized carbons (Fsp3) is 0.286. The molecular weight excluding hydrogens is 292 g/mol. The molecule has 6 heteroatoms. The molecular formula is C14H18N2O2S2. The minimum absolute atomic E-state index is 0.238. The summed E-state index contributed by atoms with van der Waals surface area (Å²) >= 11 is 1.61. The molecule has 0 aliphatic rings. The second-order valence-corrected chi connectivity index (χ2v) is 7.88. The largest absolute Gasteiger partial charge is 0.399 e. The molecule has 3 N–H and O–H groups in total. The van der Waals surface area contributed by atoms with Crippen LogP contribution in [0.1, 0.15) is 20.9 Å². The zero-order valence-electron chi connectivity index (χ0n) is 11.7. The topological polar surface area (TPSA) is 72.2 Å². The number of aryl methyl sites for hydroxylation is 3. The number of rotatable bonds is 4. The number of thiophene rings is 1. The smallest absolute Gasteiger partial charge is 0.241 e. The minimum atomic E-state index is -3.54. The highest BCUT2D eigenvalue weighted by Crippen LogP contribution is 2.22. The van der Waals surface area contributed by atoms with E-state index in [4.69, 9.17) is 5.73 Å². The fourth-order valence-electron chi connectivity index (χ4n) is 1.89. The molecule has 0 atom stereocenters. The fourth-order valence-corrected chi connectivity index (χ4v) is 4.26. The van der Waals surface area contributed by atoms with E-state index in [0.29, 0.717) is 17.8 Å². The monoisotopic (exact) mass is 310 g/mol. The lowest BCUT2D eigenvalue weighted by Gasteiger charge is -2.09. The van der Waals surface area contributed by atoms with E-state index in [1.807, 2.05) is 19.9 Å². The van der Waals surface area contributed by atoms with Gasteiger partial charge in [-0.25, -0.2) is 13.1 Å². The molecule has 20 heavy (non-hydrogen) atoms. The van der Waals surface area contributed by atoms with Gasteiger partial charge in [-0.05, 0) is 50.1 Å². The zero-order chi connectivity index (χ0) is 14.9. The number of benzene rings is 1. The van der Waals surface area contributed by atoms with Crippen LogP contribution in [-0.2, 0) is 16.6 Å². The van der Waals surface area contributed by atoms with Crippen molar-refractivity contribution in [1.82, 2.24) is 4.72 Å². The van der Waals surface area contributed by atoms with Gasteiger partial charge >= 0.3 is 0 Å². The van der Waals surface area contributed by atoms with Crippen molar-refractivity contribution in [2.45, 2.75) is 32.2 Å². The van der Waals surface area contributed by atoms with Gasteiger partial charge in [0.2, 0.25) is 10.0 Å². The van der Waals surface area contributed by atoms with Crippen LogP contribution in [-0.4, -0.2) is 8.42 Å². The Kier molecular flexibility index (Phi) is 4.17. The number of sulfonamides is 1. The van der Waals surface area contributed by atoms with Crippen LogP contribution in [0, 0.1) is 20.8 Å². The van der Waals surface area contributed by atoms with E-state index in [2.05, 4.69) is 4.72 Å². The lowest BCUT2D eigenvalue weighted by atomic mass is 10.2. The van der Waals surface area contributed by atoms with Gasteiger partial charge in [-0.3, -0.25) is 0 Å². The summed E-state index contributed by atoms with van der Waals surface area (Å²) in [6.45, 7) is 6.11. The van der Waals surface area contributed by atoms with E-state index in [1.165, 1.54) is 16.5 Å². The van der Waals surface area contributed by atoms with Crippen LogP contribution in [0.5, 0.6) is 0 Å². The molecule has 0 saturated heterocycles. The van der Waals surface area contributed by atoms with Crippen LogP contribution in [0.3, 0.4) is 0 Å². The second kappa shape index (κ2) is 5.55. The molecule has 2 rings (SSSR count). The minimum Gasteiger partial charge on any atom is -0.399 e. The van der Waals surface area contributed by atoms with Crippen molar-refractivity contribution in [2.24, 2.45) is 0 Å². The van der Waals surface area contributed by atoms with E-state index >= 15 is 0 Å². The van der Waals surface area contributed by atoms with Crippen molar-refractivity contribution in [3.05, 3.63) is 45.1 Å². The maximum atomic E-state index is 12.3. The normalized spacial score (nSPS) is 11.8. The Balaban J connectivity index is 2.21. The molecule has 0 spiro atoms. The molecule has 1 heterocycles. The SMILES string of the molecule is Cc1ccc(N)cc1S(=O)(=O)NCc1cc(C)c(C)s1. The third kappa shape index (κ3) is 3.20. The summed E-state index contributed by atoms with van der Waals surface area (Å²) in [5, 5.41) is 0. The molecule has 1 aromatic heterocycles. The van der Waals surface area contributed by atoms with E-state index < -0.39 is 10.0 Å². The second-order valence-electron chi connectivity index (χ2n) is 4.80. The van der Waals surface area contributed by atoms with Crippen LogP contribution < -0.4 is 10.5 Å². The standard InChI is InChI=1S/C14H18N2O2S2/c1-9-4-5-12(15)7-14(9)20(17,18)16-8-13-6-10(2)11(3)19-13/h4-7,16H,8,15H2,1-3H3. The number of hydrogen-bond acceptors (Lipinski definition) is 4. The molecule has 4 nitrogen and oxygen atoms in total. The van der Waals surface area contributed by atoms with Gasteiger partial charge in [0.1, 0.15) is 0 Å². The van der Waals surface area contributed by atoms with Gasteiger partial charge in [0.05, 0.1) is 4.90 Å². The van der Waals surface area contributed by atoms with E-state index in [-0.39, 0.29) is 4.90 Å². The molecule has 2 aromatic rings. The third-order valence-corrected chi connectivity index (χ3v) is 5.85. The molecule has 0 aliphatic heterocycles. The van der Waals surface area contributed by atoms with Gasteiger partial charge in [-0.15, -0.1) is 11.3 Å². The molecule has 1 aromatic carbocycles. The zero-order valence-corrected chi connectivity index (χ0v) is 13.4. The van der Waals surface area contributed by atoms with E-state index in [0.717, 1.165) is 4.88 Å². The molecule has 108 valence electrons. The molecule has 0 unspecified atom stereocenters. The van der Waals surface area contributed by atoms with Crippen LogP contribution >= 0.6 is 11.3 Å². The van der Waals surface area contributed by atoms with Crippen molar-refractivity contribution < 1.29 is 8.42 Å². The van der Waals surface area contributed by atoms with Crippen LogP contribution in [0.2, 0.25) is 0 Å². The summed E-state index contributed by atoms with van der Waals surface area (Å²) in [6.07, 6.45) is 0. The first kappa shape index (κ1) is 15.0. The Hall–Kier alpha value is -1.37. The van der Waals surface area contributed by atoms with Gasteiger partial charge in [0.25, 0.3) is 0 Å². The highest BCUT2D eigenvalue weighted by Gasteiger charge is 2.17. The molecule has 0 aliphatic carbocycles. The number of hydrogen-bond donors (Lipinski definition) is 2. The van der Waals surface area contributed by atoms with Crippen LogP contribution in [0.15, 0.2) is 29.2 Å². The first-order chi connectivity index (χ1) is 9.29. The number of nitrogens with two attached hydrogens (primary N) is 1. The summed E-state index contributed by atoms with van der Waals surface area (Å²) in [5.74, 6) is 0. The van der Waals surface area contributed by atoms with E-state index in [1.54, 1.807) is 30.4 Å². The lowest BCUT2D eigenvalue weighted by molar-refractivity contribution is 0.581.